The Hall–Kier alpha value is -3.68. The van der Waals surface area contributed by atoms with E-state index in [1.165, 1.54) is 5.56 Å². The number of H-pyrrole nitrogens is 1. The molecule has 0 spiro atoms. The number of aryl methyl sites for hydroxylation is 2. The number of carbonyl (C=O) groups is 2. The molecule has 3 N–H and O–H groups in total. The number of hydrogen-bond acceptors (Lipinski definition) is 5. The number of carbonyl (C=O) groups excluding carboxylic acids is 2. The maximum Gasteiger partial charge on any atom is 0.287 e. The fraction of sp³-hybridized carbons (Fsp3) is 0.238. The molecule has 0 saturated carbocycles. The van der Waals surface area contributed by atoms with Gasteiger partial charge in [0.15, 0.2) is 12.4 Å². The maximum absolute atomic E-state index is 12.6. The number of benzene rings is 2. The van der Waals surface area contributed by atoms with Crippen molar-refractivity contribution >= 4 is 28.4 Å². The number of ether oxygens (including phenoxy) is 1. The molecule has 3 aromatic rings. The average Bonchev–Trinajstić information content (AvgIpc) is 3.20. The minimum Gasteiger partial charge on any atom is -0.482 e. The highest BCUT2D eigenvalue weighted by molar-refractivity contribution is 5.95. The van der Waals surface area contributed by atoms with Gasteiger partial charge in [0, 0.05) is 6.54 Å². The largest absolute Gasteiger partial charge is 0.482 e. The number of anilines is 1. The summed E-state index contributed by atoms with van der Waals surface area (Å²) in [6, 6.07) is 9.08. The van der Waals surface area contributed by atoms with Crippen LogP contribution in [0, 0.1) is 0 Å². The van der Waals surface area contributed by atoms with Gasteiger partial charge in [0.25, 0.3) is 17.4 Å². The van der Waals surface area contributed by atoms with E-state index >= 15 is 0 Å². The van der Waals surface area contributed by atoms with E-state index in [1.54, 1.807) is 24.3 Å². The van der Waals surface area contributed by atoms with Crippen molar-refractivity contribution < 1.29 is 14.3 Å². The molecule has 0 unspecified atom stereocenters. The number of hydrogen-bond donors (Lipinski definition) is 3. The zero-order valence-corrected chi connectivity index (χ0v) is 15.5. The van der Waals surface area contributed by atoms with Gasteiger partial charge in [-0.25, -0.2) is 4.98 Å². The van der Waals surface area contributed by atoms with E-state index in [1.807, 2.05) is 6.07 Å². The zero-order chi connectivity index (χ0) is 20.0. The third kappa shape index (κ3) is 3.12. The van der Waals surface area contributed by atoms with Gasteiger partial charge in [0.1, 0.15) is 5.75 Å². The topological polar surface area (TPSA) is 113 Å². The van der Waals surface area contributed by atoms with E-state index in [-0.39, 0.29) is 30.4 Å². The van der Waals surface area contributed by atoms with E-state index in [0.717, 1.165) is 30.4 Å². The van der Waals surface area contributed by atoms with Crippen LogP contribution in [0.1, 0.15) is 33.7 Å². The maximum atomic E-state index is 12.6. The molecular formula is C21H18N4O4. The van der Waals surface area contributed by atoms with Crippen molar-refractivity contribution in [3.63, 3.8) is 0 Å². The monoisotopic (exact) mass is 390 g/mol. The molecular weight excluding hydrogens is 372 g/mol. The summed E-state index contributed by atoms with van der Waals surface area (Å²) in [5, 5.41) is 6.07. The molecule has 5 rings (SSSR count). The van der Waals surface area contributed by atoms with Crippen molar-refractivity contribution in [2.45, 2.75) is 25.8 Å². The first-order valence-corrected chi connectivity index (χ1v) is 9.47. The van der Waals surface area contributed by atoms with Gasteiger partial charge < -0.3 is 20.4 Å². The van der Waals surface area contributed by atoms with Gasteiger partial charge in [-0.15, -0.1) is 0 Å². The van der Waals surface area contributed by atoms with E-state index in [4.69, 9.17) is 4.74 Å². The van der Waals surface area contributed by atoms with Crippen LogP contribution >= 0.6 is 0 Å². The highest BCUT2D eigenvalue weighted by Crippen LogP contribution is 2.29. The Labute approximate surface area is 165 Å². The van der Waals surface area contributed by atoms with Gasteiger partial charge >= 0.3 is 0 Å². The summed E-state index contributed by atoms with van der Waals surface area (Å²) in [6.45, 7) is 0.210. The van der Waals surface area contributed by atoms with Gasteiger partial charge in [-0.3, -0.25) is 14.4 Å². The van der Waals surface area contributed by atoms with Crippen LogP contribution in [0.5, 0.6) is 5.75 Å². The van der Waals surface area contributed by atoms with Crippen molar-refractivity contribution in [1.82, 2.24) is 15.3 Å². The zero-order valence-electron chi connectivity index (χ0n) is 15.5. The molecule has 2 amide bonds. The number of amides is 2. The van der Waals surface area contributed by atoms with E-state index in [9.17, 15) is 14.4 Å². The lowest BCUT2D eigenvalue weighted by molar-refractivity contribution is -0.118. The fourth-order valence-corrected chi connectivity index (χ4v) is 3.93. The minimum atomic E-state index is -0.470. The Morgan fingerprint density at radius 3 is 2.97 bits per heavy atom. The Kier molecular flexibility index (Phi) is 4.04. The molecule has 1 aliphatic carbocycles. The van der Waals surface area contributed by atoms with Crippen LogP contribution in [-0.4, -0.2) is 28.4 Å². The van der Waals surface area contributed by atoms with Crippen LogP contribution in [0.3, 0.4) is 0 Å². The van der Waals surface area contributed by atoms with Crippen molar-refractivity contribution in [2.24, 2.45) is 0 Å². The normalized spacial score (nSPS) is 14.7. The highest BCUT2D eigenvalue weighted by atomic mass is 16.5. The Balaban J connectivity index is 1.37. The molecule has 0 bridgehead atoms. The molecule has 1 aliphatic heterocycles. The predicted molar refractivity (Wildman–Crippen MR) is 106 cm³/mol. The summed E-state index contributed by atoms with van der Waals surface area (Å²) in [4.78, 5) is 43.6. The van der Waals surface area contributed by atoms with Crippen molar-refractivity contribution in [1.29, 1.82) is 0 Å². The number of nitrogens with one attached hydrogen (secondary N) is 3. The molecule has 0 radical (unpaired) electrons. The summed E-state index contributed by atoms with van der Waals surface area (Å²) >= 11 is 0. The lowest BCUT2D eigenvalue weighted by Gasteiger charge is -2.18. The first-order chi connectivity index (χ1) is 14.1. The first kappa shape index (κ1) is 17.4. The third-order valence-electron chi connectivity index (χ3n) is 5.30. The van der Waals surface area contributed by atoms with Gasteiger partial charge in [-0.05, 0) is 54.2 Å². The van der Waals surface area contributed by atoms with E-state index in [2.05, 4.69) is 20.6 Å². The third-order valence-corrected chi connectivity index (χ3v) is 5.30. The van der Waals surface area contributed by atoms with E-state index < -0.39 is 5.91 Å². The molecule has 0 saturated heterocycles. The number of aromatic amines is 1. The number of nitrogens with zero attached hydrogens (tertiary/aromatic N) is 1. The Morgan fingerprint density at radius 2 is 2.07 bits per heavy atom. The van der Waals surface area contributed by atoms with Gasteiger partial charge in [0.05, 0.1) is 16.6 Å². The smallest absolute Gasteiger partial charge is 0.287 e. The first-order valence-electron chi connectivity index (χ1n) is 9.47. The van der Waals surface area contributed by atoms with Gasteiger partial charge in [0.2, 0.25) is 0 Å². The summed E-state index contributed by atoms with van der Waals surface area (Å²) in [5.74, 6) is -0.117. The molecule has 2 heterocycles. The lowest BCUT2D eigenvalue weighted by Crippen LogP contribution is -2.28. The van der Waals surface area contributed by atoms with E-state index in [0.29, 0.717) is 22.3 Å². The summed E-state index contributed by atoms with van der Waals surface area (Å²) in [7, 11) is 0. The molecule has 2 aromatic carbocycles. The molecule has 1 aromatic heterocycles. The predicted octanol–water partition coefficient (Wildman–Crippen LogP) is 1.67. The minimum absolute atomic E-state index is 0.00666. The molecule has 8 heteroatoms. The molecule has 0 atom stereocenters. The van der Waals surface area contributed by atoms with Crippen LogP contribution in [0.25, 0.3) is 10.9 Å². The van der Waals surface area contributed by atoms with Crippen LogP contribution in [-0.2, 0) is 24.2 Å². The molecule has 146 valence electrons. The van der Waals surface area contributed by atoms with Crippen LogP contribution in [0.2, 0.25) is 0 Å². The standard InChI is InChI=1S/C21H18N4O4/c26-17-10-29-16-7-4-11(8-15(16)23-17)9-22-21(28)19-24-14-6-5-12-2-1-3-13(12)18(14)20(27)25-19/h4-8H,1-3,9-10H2,(H,22,28)(H,23,26)(H,24,25,27). The summed E-state index contributed by atoms with van der Waals surface area (Å²) in [5.41, 5.74) is 3.83. The highest BCUT2D eigenvalue weighted by Gasteiger charge is 2.19. The second-order valence-corrected chi connectivity index (χ2v) is 7.22. The molecule has 29 heavy (non-hydrogen) atoms. The van der Waals surface area contributed by atoms with Crippen molar-refractivity contribution in [2.75, 3.05) is 11.9 Å². The number of aromatic nitrogens is 2. The molecule has 2 aliphatic rings. The fourth-order valence-electron chi connectivity index (χ4n) is 3.93. The SMILES string of the molecule is O=C1COc2ccc(CNC(=O)c3nc4ccc5c(c4c(=O)[nH]3)CCC5)cc2N1. The molecule has 0 fully saturated rings. The second kappa shape index (κ2) is 6.73. The lowest BCUT2D eigenvalue weighted by atomic mass is 10.1. The van der Waals surface area contributed by atoms with Crippen molar-refractivity contribution in [3.8, 4) is 5.75 Å². The quantitative estimate of drug-likeness (QED) is 0.630. The average molecular weight is 390 g/mol. The van der Waals surface area contributed by atoms with Gasteiger partial charge in [-0.1, -0.05) is 12.1 Å². The number of fused-ring (bicyclic) bond motifs is 4. The number of rotatable bonds is 3. The summed E-state index contributed by atoms with van der Waals surface area (Å²) < 4.78 is 5.32. The summed E-state index contributed by atoms with van der Waals surface area (Å²) in [6.07, 6.45) is 2.86. The Morgan fingerprint density at radius 1 is 1.17 bits per heavy atom. The second-order valence-electron chi connectivity index (χ2n) is 7.22. The van der Waals surface area contributed by atoms with Crippen molar-refractivity contribution in [3.05, 3.63) is 63.2 Å². The van der Waals surface area contributed by atoms with Crippen LogP contribution < -0.4 is 20.9 Å². The van der Waals surface area contributed by atoms with Gasteiger partial charge in [-0.2, -0.15) is 0 Å². The van der Waals surface area contributed by atoms with Crippen LogP contribution in [0.4, 0.5) is 5.69 Å². The molecule has 8 nitrogen and oxygen atoms in total. The van der Waals surface area contributed by atoms with Crippen LogP contribution in [0.15, 0.2) is 35.1 Å². The Bertz CT molecular complexity index is 1230.